The maximum atomic E-state index is 13.6. The predicted octanol–water partition coefficient (Wildman–Crippen LogP) is 5.46. The number of amides is 2. The van der Waals surface area contributed by atoms with Crippen LogP contribution in [0.1, 0.15) is 48.8 Å². The van der Waals surface area contributed by atoms with Gasteiger partial charge in [-0.05, 0) is 48.1 Å². The lowest BCUT2D eigenvalue weighted by Crippen LogP contribution is -2.52. The zero-order valence-corrected chi connectivity index (χ0v) is 20.0. The van der Waals surface area contributed by atoms with Gasteiger partial charge in [-0.1, -0.05) is 85.6 Å². The topological polar surface area (TPSA) is 49.4 Å². The largest absolute Gasteiger partial charge is 0.352 e. The molecule has 182 valence electrons. The fourth-order valence-corrected chi connectivity index (χ4v) is 4.75. The van der Waals surface area contributed by atoms with Crippen LogP contribution in [0.4, 0.5) is 4.39 Å². The lowest BCUT2D eigenvalue weighted by atomic mass is 10.0. The van der Waals surface area contributed by atoms with Crippen LogP contribution in [-0.2, 0) is 29.0 Å². The zero-order valence-electron chi connectivity index (χ0n) is 20.0. The van der Waals surface area contributed by atoms with Gasteiger partial charge in [0, 0.05) is 25.4 Å². The molecule has 1 aliphatic rings. The normalized spacial score (nSPS) is 14.4. The van der Waals surface area contributed by atoms with Gasteiger partial charge in [0.15, 0.2) is 0 Å². The minimum Gasteiger partial charge on any atom is -0.352 e. The molecule has 4 rings (SSSR count). The van der Waals surface area contributed by atoms with Crippen LogP contribution < -0.4 is 5.32 Å². The van der Waals surface area contributed by atoms with E-state index in [9.17, 15) is 14.0 Å². The van der Waals surface area contributed by atoms with Crippen molar-refractivity contribution in [1.82, 2.24) is 10.2 Å². The maximum absolute atomic E-state index is 13.6. The average molecular weight is 473 g/mol. The average Bonchev–Trinajstić information content (AvgIpc) is 3.40. The number of rotatable bonds is 10. The summed E-state index contributed by atoms with van der Waals surface area (Å²) >= 11 is 0. The number of hydrogen-bond donors (Lipinski definition) is 1. The Morgan fingerprint density at radius 2 is 1.43 bits per heavy atom. The molecule has 5 heteroatoms. The molecule has 3 aromatic rings. The quantitative estimate of drug-likeness (QED) is 0.426. The van der Waals surface area contributed by atoms with Gasteiger partial charge in [-0.2, -0.15) is 0 Å². The van der Waals surface area contributed by atoms with Gasteiger partial charge in [0.2, 0.25) is 11.8 Å². The van der Waals surface area contributed by atoms with Crippen LogP contribution in [0, 0.1) is 5.82 Å². The Morgan fingerprint density at radius 1 is 0.829 bits per heavy atom. The number of halogens is 1. The van der Waals surface area contributed by atoms with Gasteiger partial charge in [0.05, 0.1) is 0 Å². The van der Waals surface area contributed by atoms with Gasteiger partial charge in [0.1, 0.15) is 11.9 Å². The van der Waals surface area contributed by atoms with E-state index in [1.807, 2.05) is 60.7 Å². The van der Waals surface area contributed by atoms with Crippen molar-refractivity contribution < 1.29 is 14.0 Å². The maximum Gasteiger partial charge on any atom is 0.243 e. The molecule has 1 saturated carbocycles. The number of hydrogen-bond acceptors (Lipinski definition) is 2. The highest BCUT2D eigenvalue weighted by Crippen LogP contribution is 2.21. The molecule has 1 atom stereocenters. The van der Waals surface area contributed by atoms with Crippen LogP contribution in [0.3, 0.4) is 0 Å². The van der Waals surface area contributed by atoms with Crippen LogP contribution in [0.5, 0.6) is 0 Å². The molecule has 0 saturated heterocycles. The van der Waals surface area contributed by atoms with Crippen molar-refractivity contribution in [2.24, 2.45) is 0 Å². The molecule has 1 N–H and O–H groups in total. The predicted molar refractivity (Wildman–Crippen MR) is 136 cm³/mol. The van der Waals surface area contributed by atoms with E-state index in [0.29, 0.717) is 19.3 Å². The van der Waals surface area contributed by atoms with E-state index in [1.54, 1.807) is 17.0 Å². The number of benzene rings is 3. The van der Waals surface area contributed by atoms with Gasteiger partial charge < -0.3 is 10.2 Å². The molecule has 0 heterocycles. The third kappa shape index (κ3) is 7.25. The first-order valence-electron chi connectivity index (χ1n) is 12.5. The standard InChI is InChI=1S/C30H33FN2O2/c31-26-18-15-25(16-19-26)22-33(29(34)20-17-23-9-3-1-4-10-23)28(21-24-11-5-2-6-12-24)30(35)32-27-13-7-8-14-27/h1-6,9-12,15-16,18-19,27-28H,7-8,13-14,17,20-22H2,(H,32,35)/t28-/m0/s1. The lowest BCUT2D eigenvalue weighted by Gasteiger charge is -2.32. The number of nitrogens with one attached hydrogen (secondary N) is 1. The van der Waals surface area contributed by atoms with Crippen LogP contribution >= 0.6 is 0 Å². The summed E-state index contributed by atoms with van der Waals surface area (Å²) < 4.78 is 13.5. The minimum atomic E-state index is -0.647. The molecule has 0 bridgehead atoms. The van der Waals surface area contributed by atoms with Gasteiger partial charge in [-0.15, -0.1) is 0 Å². The first-order valence-corrected chi connectivity index (χ1v) is 12.5. The molecular weight excluding hydrogens is 439 g/mol. The lowest BCUT2D eigenvalue weighted by molar-refractivity contribution is -0.141. The number of carbonyl (C=O) groups is 2. The third-order valence-corrected chi connectivity index (χ3v) is 6.71. The van der Waals surface area contributed by atoms with Crippen LogP contribution in [0.2, 0.25) is 0 Å². The monoisotopic (exact) mass is 472 g/mol. The molecule has 4 nitrogen and oxygen atoms in total. The molecule has 0 radical (unpaired) electrons. The summed E-state index contributed by atoms with van der Waals surface area (Å²) in [6, 6.07) is 25.4. The Hall–Kier alpha value is -3.47. The van der Waals surface area contributed by atoms with E-state index >= 15 is 0 Å². The van der Waals surface area contributed by atoms with Crippen LogP contribution in [-0.4, -0.2) is 28.8 Å². The van der Waals surface area contributed by atoms with Crippen molar-refractivity contribution in [2.45, 2.75) is 63.6 Å². The first-order chi connectivity index (χ1) is 17.1. The zero-order chi connectivity index (χ0) is 24.5. The van der Waals surface area contributed by atoms with E-state index in [1.165, 1.54) is 12.1 Å². The van der Waals surface area contributed by atoms with Crippen LogP contribution in [0.15, 0.2) is 84.9 Å². The molecule has 3 aromatic carbocycles. The van der Waals surface area contributed by atoms with Crippen molar-refractivity contribution in [3.63, 3.8) is 0 Å². The SMILES string of the molecule is O=C(NC1CCCC1)[C@H](Cc1ccccc1)N(Cc1ccc(F)cc1)C(=O)CCc1ccccc1. The molecule has 0 aliphatic heterocycles. The van der Waals surface area contributed by atoms with E-state index in [-0.39, 0.29) is 30.2 Å². The van der Waals surface area contributed by atoms with Gasteiger partial charge in [-0.3, -0.25) is 9.59 Å². The summed E-state index contributed by atoms with van der Waals surface area (Å²) in [5.41, 5.74) is 2.88. The molecular formula is C30H33FN2O2. The molecule has 2 amide bonds. The van der Waals surface area contributed by atoms with E-state index in [0.717, 1.165) is 42.4 Å². The fourth-order valence-electron chi connectivity index (χ4n) is 4.75. The summed E-state index contributed by atoms with van der Waals surface area (Å²) in [5.74, 6) is -0.521. The molecule has 0 aromatic heterocycles. The molecule has 35 heavy (non-hydrogen) atoms. The highest BCUT2D eigenvalue weighted by atomic mass is 19.1. The second kappa shape index (κ2) is 12.3. The van der Waals surface area contributed by atoms with Crippen molar-refractivity contribution in [2.75, 3.05) is 0 Å². The summed E-state index contributed by atoms with van der Waals surface area (Å²) in [4.78, 5) is 28.9. The Balaban J connectivity index is 1.60. The summed E-state index contributed by atoms with van der Waals surface area (Å²) in [6.07, 6.45) is 5.51. The van der Waals surface area contributed by atoms with Crippen molar-refractivity contribution >= 4 is 11.8 Å². The summed E-state index contributed by atoms with van der Waals surface area (Å²) in [5, 5.41) is 3.21. The Morgan fingerprint density at radius 3 is 2.06 bits per heavy atom. The van der Waals surface area contributed by atoms with Gasteiger partial charge in [0.25, 0.3) is 0 Å². The number of nitrogens with zero attached hydrogens (tertiary/aromatic N) is 1. The Bertz CT molecular complexity index is 1080. The summed E-state index contributed by atoms with van der Waals surface area (Å²) in [7, 11) is 0. The second-order valence-corrected chi connectivity index (χ2v) is 9.33. The second-order valence-electron chi connectivity index (χ2n) is 9.33. The smallest absolute Gasteiger partial charge is 0.243 e. The fraction of sp³-hybridized carbons (Fsp3) is 0.333. The Kier molecular flexibility index (Phi) is 8.66. The summed E-state index contributed by atoms with van der Waals surface area (Å²) in [6.45, 7) is 0.253. The molecule has 0 unspecified atom stereocenters. The van der Waals surface area contributed by atoms with Crippen molar-refractivity contribution in [3.05, 3.63) is 107 Å². The molecule has 0 spiro atoms. The van der Waals surface area contributed by atoms with E-state index in [2.05, 4.69) is 5.32 Å². The Labute approximate surface area is 207 Å². The number of aryl methyl sites for hydroxylation is 1. The van der Waals surface area contributed by atoms with Crippen LogP contribution in [0.25, 0.3) is 0 Å². The highest BCUT2D eigenvalue weighted by Gasteiger charge is 2.32. The van der Waals surface area contributed by atoms with Crippen molar-refractivity contribution in [1.29, 1.82) is 0 Å². The molecule has 1 aliphatic carbocycles. The number of carbonyl (C=O) groups excluding carboxylic acids is 2. The van der Waals surface area contributed by atoms with E-state index in [4.69, 9.17) is 0 Å². The van der Waals surface area contributed by atoms with E-state index < -0.39 is 6.04 Å². The first kappa shape index (κ1) is 24.6. The third-order valence-electron chi connectivity index (χ3n) is 6.71. The van der Waals surface area contributed by atoms with Gasteiger partial charge >= 0.3 is 0 Å². The van der Waals surface area contributed by atoms with Gasteiger partial charge in [-0.25, -0.2) is 4.39 Å². The highest BCUT2D eigenvalue weighted by molar-refractivity contribution is 5.88. The minimum absolute atomic E-state index is 0.0827. The van der Waals surface area contributed by atoms with Crippen molar-refractivity contribution in [3.8, 4) is 0 Å². The molecule has 1 fully saturated rings.